The lowest BCUT2D eigenvalue weighted by Crippen LogP contribution is -2.05. The average molecular weight is 282 g/mol. The summed E-state index contributed by atoms with van der Waals surface area (Å²) < 4.78 is 37.1. The fraction of sp³-hybridized carbons (Fsp3) is 0.0714. The van der Waals surface area contributed by atoms with E-state index in [0.717, 1.165) is 17.7 Å². The van der Waals surface area contributed by atoms with Crippen LogP contribution in [0.25, 0.3) is 6.08 Å². The largest absolute Gasteiger partial charge is 0.416 e. The normalized spacial score (nSPS) is 11.9. The number of ketones is 1. The molecule has 1 aromatic carbocycles. The van der Waals surface area contributed by atoms with E-state index in [0.29, 0.717) is 0 Å². The van der Waals surface area contributed by atoms with Crippen molar-refractivity contribution in [3.05, 3.63) is 63.9 Å². The first-order valence-corrected chi connectivity index (χ1v) is 6.33. The Morgan fingerprint density at radius 3 is 2.32 bits per heavy atom. The van der Waals surface area contributed by atoms with Gasteiger partial charge in [0.25, 0.3) is 0 Å². The summed E-state index contributed by atoms with van der Waals surface area (Å²) in [5, 5.41) is 3.75. The van der Waals surface area contributed by atoms with Crippen molar-refractivity contribution in [1.29, 1.82) is 0 Å². The van der Waals surface area contributed by atoms with E-state index in [4.69, 9.17) is 0 Å². The molecule has 0 saturated carbocycles. The molecule has 0 N–H and O–H groups in total. The van der Waals surface area contributed by atoms with Gasteiger partial charge in [-0.3, -0.25) is 4.79 Å². The molecule has 0 aliphatic carbocycles. The molecule has 19 heavy (non-hydrogen) atoms. The van der Waals surface area contributed by atoms with Crippen LogP contribution in [0.15, 0.2) is 47.2 Å². The molecule has 2 aromatic rings. The fourth-order valence-electron chi connectivity index (χ4n) is 1.46. The fourth-order valence-corrected chi connectivity index (χ4v) is 2.09. The molecule has 0 fully saturated rings. The van der Waals surface area contributed by atoms with E-state index in [1.165, 1.54) is 29.5 Å². The number of hydrogen-bond acceptors (Lipinski definition) is 2. The van der Waals surface area contributed by atoms with Crippen LogP contribution in [-0.2, 0) is 6.18 Å². The summed E-state index contributed by atoms with van der Waals surface area (Å²) >= 11 is 1.50. The van der Waals surface area contributed by atoms with Crippen molar-refractivity contribution in [1.82, 2.24) is 0 Å². The van der Waals surface area contributed by atoms with Gasteiger partial charge in [-0.25, -0.2) is 0 Å². The molecule has 1 heterocycles. The van der Waals surface area contributed by atoms with Gasteiger partial charge in [0, 0.05) is 5.56 Å². The molecule has 0 aliphatic heterocycles. The van der Waals surface area contributed by atoms with Gasteiger partial charge in [0.15, 0.2) is 5.78 Å². The van der Waals surface area contributed by atoms with Gasteiger partial charge in [-0.05, 0) is 40.6 Å². The standard InChI is InChI=1S/C14H9F3OS/c15-14(16,17)12-4-2-11(3-5-12)13(18)6-1-10-7-8-19-9-10/h1-9H. The summed E-state index contributed by atoms with van der Waals surface area (Å²) in [6.45, 7) is 0. The van der Waals surface area contributed by atoms with Crippen molar-refractivity contribution in [2.75, 3.05) is 0 Å². The second-order valence-corrected chi connectivity index (χ2v) is 4.61. The quantitative estimate of drug-likeness (QED) is 0.591. The second kappa shape index (κ2) is 5.40. The van der Waals surface area contributed by atoms with E-state index in [1.807, 2.05) is 16.8 Å². The Kier molecular flexibility index (Phi) is 3.85. The summed E-state index contributed by atoms with van der Waals surface area (Å²) in [6, 6.07) is 6.03. The molecule has 98 valence electrons. The number of halogens is 3. The van der Waals surface area contributed by atoms with Gasteiger partial charge in [-0.2, -0.15) is 24.5 Å². The number of rotatable bonds is 3. The number of carbonyl (C=O) groups is 1. The lowest BCUT2D eigenvalue weighted by atomic mass is 10.1. The minimum absolute atomic E-state index is 0.236. The Bertz CT molecular complexity index is 580. The Morgan fingerprint density at radius 1 is 1.11 bits per heavy atom. The molecule has 2 rings (SSSR count). The van der Waals surface area contributed by atoms with Crippen molar-refractivity contribution < 1.29 is 18.0 Å². The van der Waals surface area contributed by atoms with Gasteiger partial charge in [0.05, 0.1) is 5.56 Å². The smallest absolute Gasteiger partial charge is 0.289 e. The first kappa shape index (κ1) is 13.5. The Hall–Kier alpha value is -1.88. The topological polar surface area (TPSA) is 17.1 Å². The molecule has 0 radical (unpaired) electrons. The molecule has 0 amide bonds. The molecule has 0 saturated heterocycles. The molecule has 1 nitrogen and oxygen atoms in total. The molecule has 0 atom stereocenters. The number of hydrogen-bond donors (Lipinski definition) is 0. The minimum Gasteiger partial charge on any atom is -0.289 e. The van der Waals surface area contributed by atoms with Gasteiger partial charge >= 0.3 is 6.18 Å². The Morgan fingerprint density at radius 2 is 1.79 bits per heavy atom. The summed E-state index contributed by atoms with van der Waals surface area (Å²) in [5.74, 6) is -0.320. The van der Waals surface area contributed by atoms with Gasteiger partial charge in [-0.1, -0.05) is 18.2 Å². The molecular formula is C14H9F3OS. The maximum absolute atomic E-state index is 12.4. The van der Waals surface area contributed by atoms with Crippen molar-refractivity contribution in [2.24, 2.45) is 0 Å². The van der Waals surface area contributed by atoms with E-state index in [1.54, 1.807) is 6.08 Å². The van der Waals surface area contributed by atoms with E-state index in [9.17, 15) is 18.0 Å². The molecule has 5 heteroatoms. The number of alkyl halides is 3. The first-order valence-electron chi connectivity index (χ1n) is 5.39. The molecule has 0 aliphatic rings. The predicted molar refractivity (Wildman–Crippen MR) is 69.1 cm³/mol. The highest BCUT2D eigenvalue weighted by atomic mass is 32.1. The molecule has 0 bridgehead atoms. The van der Waals surface area contributed by atoms with Gasteiger partial charge in [0.1, 0.15) is 0 Å². The van der Waals surface area contributed by atoms with Crippen molar-refractivity contribution in [3.63, 3.8) is 0 Å². The van der Waals surface area contributed by atoms with Crippen LogP contribution < -0.4 is 0 Å². The molecule has 1 aromatic heterocycles. The van der Waals surface area contributed by atoms with Gasteiger partial charge in [0.2, 0.25) is 0 Å². The van der Waals surface area contributed by atoms with Gasteiger partial charge < -0.3 is 0 Å². The zero-order valence-electron chi connectivity index (χ0n) is 9.65. The lowest BCUT2D eigenvalue weighted by Gasteiger charge is -2.06. The van der Waals surface area contributed by atoms with Crippen molar-refractivity contribution in [2.45, 2.75) is 6.18 Å². The van der Waals surface area contributed by atoms with Crippen LogP contribution in [0.4, 0.5) is 13.2 Å². The number of allylic oxidation sites excluding steroid dienone is 1. The second-order valence-electron chi connectivity index (χ2n) is 3.83. The van der Waals surface area contributed by atoms with E-state index in [2.05, 4.69) is 0 Å². The Labute approximate surface area is 112 Å². The lowest BCUT2D eigenvalue weighted by molar-refractivity contribution is -0.137. The van der Waals surface area contributed by atoms with E-state index < -0.39 is 11.7 Å². The first-order chi connectivity index (χ1) is 8.97. The van der Waals surface area contributed by atoms with Crippen LogP contribution in [-0.4, -0.2) is 5.78 Å². The third-order valence-electron chi connectivity index (χ3n) is 2.47. The molecule has 0 unspecified atom stereocenters. The summed E-state index contributed by atoms with van der Waals surface area (Å²) in [6.07, 6.45) is -1.39. The highest BCUT2D eigenvalue weighted by Crippen LogP contribution is 2.29. The maximum atomic E-state index is 12.4. The average Bonchev–Trinajstić information content (AvgIpc) is 2.88. The summed E-state index contributed by atoms with van der Waals surface area (Å²) in [7, 11) is 0. The monoisotopic (exact) mass is 282 g/mol. The predicted octanol–water partition coefficient (Wildman–Crippen LogP) is 4.66. The van der Waals surface area contributed by atoms with Crippen LogP contribution >= 0.6 is 11.3 Å². The van der Waals surface area contributed by atoms with Crippen LogP contribution in [0.5, 0.6) is 0 Å². The number of benzene rings is 1. The summed E-state index contributed by atoms with van der Waals surface area (Å²) in [4.78, 5) is 11.7. The highest BCUT2D eigenvalue weighted by molar-refractivity contribution is 7.08. The van der Waals surface area contributed by atoms with Crippen LogP contribution in [0.3, 0.4) is 0 Å². The maximum Gasteiger partial charge on any atom is 0.416 e. The number of thiophene rings is 1. The third-order valence-corrected chi connectivity index (χ3v) is 3.17. The van der Waals surface area contributed by atoms with Crippen molar-refractivity contribution >= 4 is 23.2 Å². The summed E-state index contributed by atoms with van der Waals surface area (Å²) in [5.41, 5.74) is 0.371. The SMILES string of the molecule is O=C(C=Cc1ccsc1)c1ccc(C(F)(F)F)cc1. The number of carbonyl (C=O) groups excluding carboxylic acids is 1. The molecule has 0 spiro atoms. The minimum atomic E-state index is -4.38. The zero-order valence-corrected chi connectivity index (χ0v) is 10.5. The van der Waals surface area contributed by atoms with E-state index in [-0.39, 0.29) is 11.3 Å². The Balaban J connectivity index is 2.12. The van der Waals surface area contributed by atoms with Crippen LogP contribution in [0, 0.1) is 0 Å². The van der Waals surface area contributed by atoms with Gasteiger partial charge in [-0.15, -0.1) is 0 Å². The zero-order chi connectivity index (χ0) is 13.9. The molecular weight excluding hydrogens is 273 g/mol. The van der Waals surface area contributed by atoms with Crippen LogP contribution in [0.2, 0.25) is 0 Å². The van der Waals surface area contributed by atoms with Crippen molar-refractivity contribution in [3.8, 4) is 0 Å². The highest BCUT2D eigenvalue weighted by Gasteiger charge is 2.30. The third kappa shape index (κ3) is 3.54. The van der Waals surface area contributed by atoms with E-state index >= 15 is 0 Å². The van der Waals surface area contributed by atoms with Crippen LogP contribution in [0.1, 0.15) is 21.5 Å².